The first-order valence-electron chi connectivity index (χ1n) is 4.64. The summed E-state index contributed by atoms with van der Waals surface area (Å²) in [5, 5.41) is 3.99. The summed E-state index contributed by atoms with van der Waals surface area (Å²) in [7, 11) is 0. The topological polar surface area (TPSA) is 57.8 Å². The Kier molecular flexibility index (Phi) is 2.60. The monoisotopic (exact) mass is 223 g/mol. The SMILES string of the molecule is CCNC(=O)c1cc2ccc(Cl)nc2[nH]1. The van der Waals surface area contributed by atoms with Gasteiger partial charge < -0.3 is 10.3 Å². The standard InChI is InChI=1S/C10H10ClN3O/c1-2-12-10(15)7-5-6-3-4-8(11)14-9(6)13-7/h3-5H,2H2,1H3,(H,12,15)(H,13,14). The van der Waals surface area contributed by atoms with E-state index in [0.717, 1.165) is 5.39 Å². The second-order valence-corrected chi connectivity index (χ2v) is 3.50. The van der Waals surface area contributed by atoms with Crippen LogP contribution in [0.4, 0.5) is 0 Å². The predicted molar refractivity (Wildman–Crippen MR) is 59.1 cm³/mol. The van der Waals surface area contributed by atoms with Crippen LogP contribution in [0.1, 0.15) is 17.4 Å². The van der Waals surface area contributed by atoms with Gasteiger partial charge in [0.15, 0.2) is 0 Å². The molecule has 0 aliphatic carbocycles. The van der Waals surface area contributed by atoms with Crippen LogP contribution in [-0.2, 0) is 0 Å². The molecule has 2 aromatic rings. The minimum atomic E-state index is -0.133. The highest BCUT2D eigenvalue weighted by atomic mass is 35.5. The summed E-state index contributed by atoms with van der Waals surface area (Å²) in [5.74, 6) is -0.133. The molecule has 0 aromatic carbocycles. The van der Waals surface area contributed by atoms with E-state index in [1.807, 2.05) is 13.0 Å². The Morgan fingerprint density at radius 2 is 2.40 bits per heavy atom. The van der Waals surface area contributed by atoms with Crippen LogP contribution >= 0.6 is 11.6 Å². The summed E-state index contributed by atoms with van der Waals surface area (Å²) >= 11 is 5.74. The van der Waals surface area contributed by atoms with E-state index in [0.29, 0.717) is 23.0 Å². The number of fused-ring (bicyclic) bond motifs is 1. The van der Waals surface area contributed by atoms with E-state index in [4.69, 9.17) is 11.6 Å². The van der Waals surface area contributed by atoms with Crippen LogP contribution < -0.4 is 5.32 Å². The second-order valence-electron chi connectivity index (χ2n) is 3.11. The number of aromatic amines is 1. The second kappa shape index (κ2) is 3.90. The van der Waals surface area contributed by atoms with E-state index in [-0.39, 0.29) is 5.91 Å². The van der Waals surface area contributed by atoms with Crippen molar-refractivity contribution in [2.75, 3.05) is 6.54 Å². The lowest BCUT2D eigenvalue weighted by molar-refractivity contribution is 0.0951. The lowest BCUT2D eigenvalue weighted by Gasteiger charge is -1.96. The van der Waals surface area contributed by atoms with Crippen LogP contribution in [0.3, 0.4) is 0 Å². The van der Waals surface area contributed by atoms with Gasteiger partial charge in [-0.3, -0.25) is 4.79 Å². The maximum Gasteiger partial charge on any atom is 0.267 e. The number of halogens is 1. The van der Waals surface area contributed by atoms with Gasteiger partial charge in [0, 0.05) is 11.9 Å². The van der Waals surface area contributed by atoms with E-state index in [1.165, 1.54) is 0 Å². The minimum Gasteiger partial charge on any atom is -0.351 e. The number of pyridine rings is 1. The molecule has 0 saturated heterocycles. The van der Waals surface area contributed by atoms with E-state index >= 15 is 0 Å². The average molecular weight is 224 g/mol. The molecule has 1 amide bonds. The normalized spacial score (nSPS) is 10.5. The number of amides is 1. The fourth-order valence-corrected chi connectivity index (χ4v) is 1.51. The van der Waals surface area contributed by atoms with E-state index in [9.17, 15) is 4.79 Å². The smallest absolute Gasteiger partial charge is 0.267 e. The fraction of sp³-hybridized carbons (Fsp3) is 0.200. The number of carbonyl (C=O) groups is 1. The van der Waals surface area contributed by atoms with Gasteiger partial charge in [0.2, 0.25) is 0 Å². The van der Waals surface area contributed by atoms with Gasteiger partial charge in [-0.15, -0.1) is 0 Å². The van der Waals surface area contributed by atoms with Gasteiger partial charge in [-0.2, -0.15) is 0 Å². The molecule has 2 heterocycles. The zero-order chi connectivity index (χ0) is 10.8. The number of nitrogens with one attached hydrogen (secondary N) is 2. The summed E-state index contributed by atoms with van der Waals surface area (Å²) in [4.78, 5) is 18.5. The van der Waals surface area contributed by atoms with Gasteiger partial charge in [-0.1, -0.05) is 11.6 Å². The number of hydrogen-bond acceptors (Lipinski definition) is 2. The quantitative estimate of drug-likeness (QED) is 0.765. The maximum absolute atomic E-state index is 11.5. The minimum absolute atomic E-state index is 0.133. The molecule has 0 aliphatic heterocycles. The molecule has 0 spiro atoms. The van der Waals surface area contributed by atoms with Gasteiger partial charge in [-0.05, 0) is 25.1 Å². The molecule has 4 nitrogen and oxygen atoms in total. The molecule has 15 heavy (non-hydrogen) atoms. The number of carbonyl (C=O) groups excluding carboxylic acids is 1. The summed E-state index contributed by atoms with van der Waals surface area (Å²) in [5.41, 5.74) is 1.13. The van der Waals surface area contributed by atoms with Crippen molar-refractivity contribution in [1.82, 2.24) is 15.3 Å². The van der Waals surface area contributed by atoms with Crippen molar-refractivity contribution in [1.29, 1.82) is 0 Å². The van der Waals surface area contributed by atoms with Gasteiger partial charge in [0.1, 0.15) is 16.5 Å². The molecule has 2 N–H and O–H groups in total. The Morgan fingerprint density at radius 3 is 3.13 bits per heavy atom. The Balaban J connectivity index is 2.42. The summed E-state index contributed by atoms with van der Waals surface area (Å²) < 4.78 is 0. The third-order valence-electron chi connectivity index (χ3n) is 2.03. The molecule has 2 aromatic heterocycles. The number of H-pyrrole nitrogens is 1. The van der Waals surface area contributed by atoms with Gasteiger partial charge in [-0.25, -0.2) is 4.98 Å². The Morgan fingerprint density at radius 1 is 1.60 bits per heavy atom. The summed E-state index contributed by atoms with van der Waals surface area (Å²) in [6.07, 6.45) is 0. The molecule has 78 valence electrons. The van der Waals surface area contributed by atoms with E-state index in [1.54, 1.807) is 12.1 Å². The molecule has 0 bridgehead atoms. The molecule has 0 saturated carbocycles. The predicted octanol–water partition coefficient (Wildman–Crippen LogP) is 1.97. The lowest BCUT2D eigenvalue weighted by atomic mass is 10.3. The summed E-state index contributed by atoms with van der Waals surface area (Å²) in [6, 6.07) is 5.27. The van der Waals surface area contributed by atoms with Crippen molar-refractivity contribution in [2.45, 2.75) is 6.92 Å². The number of aromatic nitrogens is 2. The molecule has 2 rings (SSSR count). The van der Waals surface area contributed by atoms with E-state index < -0.39 is 0 Å². The zero-order valence-electron chi connectivity index (χ0n) is 8.17. The molecular weight excluding hydrogens is 214 g/mol. The van der Waals surface area contributed by atoms with Crippen molar-refractivity contribution < 1.29 is 4.79 Å². The molecule has 0 radical (unpaired) electrons. The molecule has 0 atom stereocenters. The Bertz CT molecular complexity index is 506. The average Bonchev–Trinajstić information content (AvgIpc) is 2.60. The fourth-order valence-electron chi connectivity index (χ4n) is 1.36. The van der Waals surface area contributed by atoms with Crippen LogP contribution in [0.2, 0.25) is 5.15 Å². The highest BCUT2D eigenvalue weighted by molar-refractivity contribution is 6.29. The first-order chi connectivity index (χ1) is 7.20. The van der Waals surface area contributed by atoms with Crippen molar-refractivity contribution in [3.05, 3.63) is 29.0 Å². The van der Waals surface area contributed by atoms with Crippen molar-refractivity contribution in [3.63, 3.8) is 0 Å². The molecule has 0 unspecified atom stereocenters. The van der Waals surface area contributed by atoms with Crippen molar-refractivity contribution in [2.24, 2.45) is 0 Å². The van der Waals surface area contributed by atoms with E-state index in [2.05, 4.69) is 15.3 Å². The first-order valence-corrected chi connectivity index (χ1v) is 5.02. The van der Waals surface area contributed by atoms with Crippen molar-refractivity contribution in [3.8, 4) is 0 Å². The van der Waals surface area contributed by atoms with Crippen LogP contribution in [0.25, 0.3) is 11.0 Å². The number of rotatable bonds is 2. The van der Waals surface area contributed by atoms with Crippen molar-refractivity contribution >= 4 is 28.5 Å². The summed E-state index contributed by atoms with van der Waals surface area (Å²) in [6.45, 7) is 2.47. The van der Waals surface area contributed by atoms with Gasteiger partial charge >= 0.3 is 0 Å². The maximum atomic E-state index is 11.5. The molecular formula is C10H10ClN3O. The lowest BCUT2D eigenvalue weighted by Crippen LogP contribution is -2.22. The third-order valence-corrected chi connectivity index (χ3v) is 2.24. The molecule has 0 aliphatic rings. The molecule has 0 fully saturated rings. The Labute approximate surface area is 91.7 Å². The number of nitrogens with zero attached hydrogens (tertiary/aromatic N) is 1. The largest absolute Gasteiger partial charge is 0.351 e. The first kappa shape index (κ1) is 9.98. The van der Waals surface area contributed by atoms with Crippen LogP contribution in [0.5, 0.6) is 0 Å². The van der Waals surface area contributed by atoms with Crippen LogP contribution in [-0.4, -0.2) is 22.4 Å². The van der Waals surface area contributed by atoms with Gasteiger partial charge in [0.25, 0.3) is 5.91 Å². The van der Waals surface area contributed by atoms with Gasteiger partial charge in [0.05, 0.1) is 0 Å². The van der Waals surface area contributed by atoms with Crippen LogP contribution in [0, 0.1) is 0 Å². The highest BCUT2D eigenvalue weighted by Gasteiger charge is 2.08. The van der Waals surface area contributed by atoms with Crippen LogP contribution in [0.15, 0.2) is 18.2 Å². The molecule has 5 heteroatoms. The highest BCUT2D eigenvalue weighted by Crippen LogP contribution is 2.16. The zero-order valence-corrected chi connectivity index (χ0v) is 8.93. The Hall–Kier alpha value is -1.55. The number of hydrogen-bond donors (Lipinski definition) is 2. The third kappa shape index (κ3) is 1.94.